The molecule has 7 nitrogen and oxygen atoms in total. The van der Waals surface area contributed by atoms with Crippen molar-refractivity contribution in [3.63, 3.8) is 0 Å². The number of carboxylic acid groups (broad SMARTS) is 1. The highest BCUT2D eigenvalue weighted by atomic mass is 35.5. The molecule has 0 amide bonds. The number of hydrogen-bond acceptors (Lipinski definition) is 6. The van der Waals surface area contributed by atoms with Crippen LogP contribution in [0.3, 0.4) is 0 Å². The molecule has 2 heterocycles. The summed E-state index contributed by atoms with van der Waals surface area (Å²) in [4.78, 5) is 16.6. The van der Waals surface area contributed by atoms with E-state index in [9.17, 15) is 25.4 Å². The lowest BCUT2D eigenvalue weighted by molar-refractivity contribution is -0.160. The fourth-order valence-electron chi connectivity index (χ4n) is 5.20. The summed E-state index contributed by atoms with van der Waals surface area (Å²) >= 11 is 6.11. The Labute approximate surface area is 188 Å². The number of carbonyl (C=O) groups is 1. The van der Waals surface area contributed by atoms with E-state index < -0.39 is 35.1 Å². The Bertz CT molecular complexity index is 1260. The van der Waals surface area contributed by atoms with Gasteiger partial charge in [0.05, 0.1) is 22.6 Å². The number of fused-ring (bicyclic) bond motifs is 3. The molecule has 0 radical (unpaired) electrons. The van der Waals surface area contributed by atoms with Crippen molar-refractivity contribution in [1.82, 2.24) is 4.98 Å². The number of aliphatic hydroxyl groups excluding tert-OH is 1. The van der Waals surface area contributed by atoms with E-state index in [4.69, 9.17) is 16.3 Å². The third kappa shape index (κ3) is 2.49. The molecule has 1 saturated carbocycles. The van der Waals surface area contributed by atoms with Crippen LogP contribution < -0.4 is 4.74 Å². The summed E-state index contributed by atoms with van der Waals surface area (Å²) in [6, 6.07) is 18.6. The minimum absolute atomic E-state index is 0.0171. The summed E-state index contributed by atoms with van der Waals surface area (Å²) in [6.07, 6.45) is -0.426. The number of nitrogens with zero attached hydrogens (tertiary/aromatic N) is 2. The van der Waals surface area contributed by atoms with Crippen molar-refractivity contribution < 1.29 is 24.9 Å². The average molecular weight is 449 g/mol. The van der Waals surface area contributed by atoms with Gasteiger partial charge in [0.1, 0.15) is 17.5 Å². The molecule has 160 valence electrons. The van der Waals surface area contributed by atoms with Crippen LogP contribution in [0.4, 0.5) is 0 Å². The van der Waals surface area contributed by atoms with Crippen molar-refractivity contribution in [2.45, 2.75) is 23.2 Å². The molecule has 0 bridgehead atoms. The van der Waals surface area contributed by atoms with Gasteiger partial charge in [0.25, 0.3) is 0 Å². The number of aliphatic hydroxyl groups is 2. The Morgan fingerprint density at radius 3 is 2.47 bits per heavy atom. The predicted octanol–water partition coefficient (Wildman–Crippen LogP) is 2.94. The number of halogens is 1. The van der Waals surface area contributed by atoms with Gasteiger partial charge in [-0.15, -0.1) is 0 Å². The van der Waals surface area contributed by atoms with Gasteiger partial charge in [-0.25, -0.2) is 0 Å². The third-order valence-corrected chi connectivity index (χ3v) is 6.68. The maximum absolute atomic E-state index is 12.4. The lowest BCUT2D eigenvalue weighted by Crippen LogP contribution is -2.52. The predicted molar refractivity (Wildman–Crippen MR) is 113 cm³/mol. The number of ether oxygens (including phenoxy) is 1. The minimum atomic E-state index is -2.19. The molecule has 1 unspecified atom stereocenters. The summed E-state index contributed by atoms with van der Waals surface area (Å²) in [6.45, 7) is 0. The van der Waals surface area contributed by atoms with Gasteiger partial charge < -0.3 is 20.1 Å². The summed E-state index contributed by atoms with van der Waals surface area (Å²) < 4.78 is 6.38. The smallest absolute Gasteiger partial charge is 0.310 e. The van der Waals surface area contributed by atoms with Crippen LogP contribution >= 0.6 is 11.6 Å². The van der Waals surface area contributed by atoms with Crippen molar-refractivity contribution in [1.29, 1.82) is 5.26 Å². The molecule has 8 heteroatoms. The van der Waals surface area contributed by atoms with E-state index in [0.29, 0.717) is 16.7 Å². The second kappa shape index (κ2) is 7.04. The van der Waals surface area contributed by atoms with E-state index in [1.807, 2.05) is 6.07 Å². The summed E-state index contributed by atoms with van der Waals surface area (Å²) in [7, 11) is 0. The molecular weight excluding hydrogens is 432 g/mol. The average Bonchev–Trinajstić information content (AvgIpc) is 3.17. The highest BCUT2D eigenvalue weighted by Gasteiger charge is 2.78. The van der Waals surface area contributed by atoms with Crippen molar-refractivity contribution >= 4 is 17.6 Å². The normalized spacial score (nSPS) is 30.1. The monoisotopic (exact) mass is 448 g/mol. The van der Waals surface area contributed by atoms with Crippen LogP contribution in [0.15, 0.2) is 66.9 Å². The topological polar surface area (TPSA) is 124 Å². The molecule has 0 saturated heterocycles. The zero-order valence-electron chi connectivity index (χ0n) is 16.5. The van der Waals surface area contributed by atoms with Crippen LogP contribution in [-0.2, 0) is 16.0 Å². The maximum atomic E-state index is 12.4. The van der Waals surface area contributed by atoms with E-state index >= 15 is 0 Å². The van der Waals surface area contributed by atoms with Crippen LogP contribution in [0.5, 0.6) is 5.75 Å². The zero-order chi connectivity index (χ0) is 22.7. The lowest BCUT2D eigenvalue weighted by atomic mass is 9.71. The fraction of sp³-hybridized carbons (Fsp3) is 0.208. The first-order valence-corrected chi connectivity index (χ1v) is 10.3. The Kier molecular flexibility index (Phi) is 4.50. The molecule has 1 aliphatic carbocycles. The van der Waals surface area contributed by atoms with Crippen LogP contribution in [0, 0.1) is 17.2 Å². The molecule has 1 aromatic heterocycles. The first kappa shape index (κ1) is 20.5. The van der Waals surface area contributed by atoms with Gasteiger partial charge in [-0.05, 0) is 23.3 Å². The Balaban J connectivity index is 1.86. The highest BCUT2D eigenvalue weighted by Crippen LogP contribution is 2.68. The number of benzene rings is 2. The molecule has 5 atom stereocenters. The standard InChI is InChI=1S/C24H17ClN2O5/c25-16-10-17-20(27-12-16)23(31)21(28)18(22(29)30)19(14-4-2-1-3-5-14)24(23,32-17)15-8-6-13(11-26)7-9-15/h1-10,12,18-19,21,28,31H,(H,29,30)/t18-,19-,21-,23?,24+/m1/s1. The Morgan fingerprint density at radius 2 is 1.84 bits per heavy atom. The number of hydrogen-bond donors (Lipinski definition) is 3. The molecule has 2 aromatic carbocycles. The molecule has 1 fully saturated rings. The first-order chi connectivity index (χ1) is 15.3. The number of aromatic nitrogens is 1. The number of aliphatic carboxylic acids is 1. The van der Waals surface area contributed by atoms with Crippen molar-refractivity contribution in [3.8, 4) is 11.8 Å². The van der Waals surface area contributed by atoms with E-state index in [0.717, 1.165) is 0 Å². The Hall–Kier alpha value is -3.44. The van der Waals surface area contributed by atoms with Crippen LogP contribution in [0.1, 0.15) is 28.3 Å². The molecule has 2 aliphatic rings. The van der Waals surface area contributed by atoms with Crippen LogP contribution in [-0.4, -0.2) is 32.4 Å². The van der Waals surface area contributed by atoms with Gasteiger partial charge in [0.15, 0.2) is 11.2 Å². The van der Waals surface area contributed by atoms with Crippen molar-refractivity contribution in [2.75, 3.05) is 0 Å². The van der Waals surface area contributed by atoms with Crippen LogP contribution in [0.25, 0.3) is 0 Å². The molecule has 32 heavy (non-hydrogen) atoms. The highest BCUT2D eigenvalue weighted by molar-refractivity contribution is 6.30. The minimum Gasteiger partial charge on any atom is -0.481 e. The molecule has 0 spiro atoms. The molecular formula is C24H17ClN2O5. The molecule has 3 aromatic rings. The first-order valence-electron chi connectivity index (χ1n) is 9.88. The maximum Gasteiger partial charge on any atom is 0.310 e. The summed E-state index contributed by atoms with van der Waals surface area (Å²) in [5, 5.41) is 43.0. The van der Waals surface area contributed by atoms with E-state index in [-0.39, 0.29) is 16.5 Å². The van der Waals surface area contributed by atoms with E-state index in [1.165, 1.54) is 12.3 Å². The number of nitriles is 1. The number of carboxylic acids is 1. The lowest BCUT2D eigenvalue weighted by Gasteiger charge is -2.40. The van der Waals surface area contributed by atoms with Gasteiger partial charge in [-0.1, -0.05) is 54.1 Å². The van der Waals surface area contributed by atoms with Crippen molar-refractivity contribution in [3.05, 3.63) is 94.3 Å². The van der Waals surface area contributed by atoms with E-state index in [1.54, 1.807) is 54.6 Å². The largest absolute Gasteiger partial charge is 0.481 e. The van der Waals surface area contributed by atoms with Gasteiger partial charge in [0.2, 0.25) is 0 Å². The third-order valence-electron chi connectivity index (χ3n) is 6.47. The molecule has 5 rings (SSSR count). The zero-order valence-corrected chi connectivity index (χ0v) is 17.3. The SMILES string of the molecule is N#Cc1ccc([C@@]23Oc4cc(Cl)cnc4C2(O)[C@H](O)[C@H](C(=O)O)[C@H]3c2ccccc2)cc1. The van der Waals surface area contributed by atoms with Gasteiger partial charge >= 0.3 is 5.97 Å². The van der Waals surface area contributed by atoms with Crippen molar-refractivity contribution in [2.24, 2.45) is 5.92 Å². The van der Waals surface area contributed by atoms with Gasteiger partial charge in [-0.2, -0.15) is 5.26 Å². The second-order valence-corrected chi connectivity index (χ2v) is 8.43. The van der Waals surface area contributed by atoms with Crippen LogP contribution in [0.2, 0.25) is 5.02 Å². The second-order valence-electron chi connectivity index (χ2n) is 7.99. The van der Waals surface area contributed by atoms with E-state index in [2.05, 4.69) is 4.98 Å². The fourth-order valence-corrected chi connectivity index (χ4v) is 5.35. The summed E-state index contributed by atoms with van der Waals surface area (Å²) in [5.41, 5.74) is -2.54. The quantitative estimate of drug-likeness (QED) is 0.562. The number of rotatable bonds is 3. The molecule has 1 aliphatic heterocycles. The van der Waals surface area contributed by atoms with Gasteiger partial charge in [0, 0.05) is 18.2 Å². The van der Waals surface area contributed by atoms with Gasteiger partial charge in [-0.3, -0.25) is 9.78 Å². The number of pyridine rings is 1. The Morgan fingerprint density at radius 1 is 1.16 bits per heavy atom. The molecule has 3 N–H and O–H groups in total. The summed E-state index contributed by atoms with van der Waals surface area (Å²) in [5.74, 6) is -3.50.